The van der Waals surface area contributed by atoms with Gasteiger partial charge in [-0.2, -0.15) is 0 Å². The molecule has 27 heavy (non-hydrogen) atoms. The number of hydrogen-bond donors (Lipinski definition) is 1. The Morgan fingerprint density at radius 2 is 1.52 bits per heavy atom. The molecule has 3 aromatic rings. The Morgan fingerprint density at radius 1 is 0.926 bits per heavy atom. The summed E-state index contributed by atoms with van der Waals surface area (Å²) in [6, 6.07) is 6.77. The van der Waals surface area contributed by atoms with Gasteiger partial charge in [-0.15, -0.1) is 11.3 Å². The molecule has 0 aliphatic heterocycles. The molecule has 0 bridgehead atoms. The van der Waals surface area contributed by atoms with Crippen molar-refractivity contribution < 1.29 is 16.8 Å². The zero-order chi connectivity index (χ0) is 20.1. The number of nitrogens with one attached hydrogen (secondary N) is 1. The number of aryl methyl sites for hydroxylation is 2. The Kier molecular flexibility index (Phi) is 4.82. The van der Waals surface area contributed by atoms with Crippen LogP contribution in [-0.4, -0.2) is 28.1 Å². The van der Waals surface area contributed by atoms with Crippen molar-refractivity contribution in [2.45, 2.75) is 36.9 Å². The van der Waals surface area contributed by atoms with E-state index in [1.165, 1.54) is 0 Å². The topological polar surface area (TPSA) is 93.2 Å². The lowest BCUT2D eigenvalue weighted by molar-refractivity contribution is 0.598. The van der Waals surface area contributed by atoms with E-state index in [1.807, 2.05) is 19.9 Å². The second-order valence-electron chi connectivity index (χ2n) is 6.63. The molecule has 6 nitrogen and oxygen atoms in total. The molecule has 0 fully saturated rings. The molecule has 1 N–H and O–H groups in total. The summed E-state index contributed by atoms with van der Waals surface area (Å²) in [5.74, 6) is 0. The first-order valence-corrected chi connectivity index (χ1v) is 12.3. The van der Waals surface area contributed by atoms with Crippen LogP contribution in [0.25, 0.3) is 10.2 Å². The molecule has 0 spiro atoms. The second-order valence-corrected chi connectivity index (χ2v) is 11.5. The molecule has 0 saturated heterocycles. The summed E-state index contributed by atoms with van der Waals surface area (Å²) in [4.78, 5) is 4.36. The lowest BCUT2D eigenvalue weighted by Gasteiger charge is -2.16. The number of hydrogen-bond acceptors (Lipinski definition) is 6. The fraction of sp³-hybridized carbons (Fsp3) is 0.278. The lowest BCUT2D eigenvalue weighted by atomic mass is 10.0. The number of aromatic nitrogens is 1. The van der Waals surface area contributed by atoms with Crippen LogP contribution in [0, 0.1) is 27.7 Å². The predicted molar refractivity (Wildman–Crippen MR) is 109 cm³/mol. The molecule has 1 heterocycles. The van der Waals surface area contributed by atoms with Gasteiger partial charge in [0.15, 0.2) is 0 Å². The molecule has 2 aromatic carbocycles. The smallest absolute Gasteiger partial charge is 0.262 e. The number of sulfonamides is 1. The van der Waals surface area contributed by atoms with Crippen LogP contribution >= 0.6 is 11.3 Å². The highest BCUT2D eigenvalue weighted by molar-refractivity contribution is 7.93. The number of thiazole rings is 1. The van der Waals surface area contributed by atoms with Crippen molar-refractivity contribution in [2.75, 3.05) is 11.0 Å². The van der Waals surface area contributed by atoms with Crippen molar-refractivity contribution in [3.8, 4) is 0 Å². The summed E-state index contributed by atoms with van der Waals surface area (Å²) in [5, 5.41) is 0. The third-order valence-electron chi connectivity index (χ3n) is 4.50. The van der Waals surface area contributed by atoms with E-state index < -0.39 is 19.9 Å². The van der Waals surface area contributed by atoms with E-state index >= 15 is 0 Å². The van der Waals surface area contributed by atoms with Gasteiger partial charge < -0.3 is 0 Å². The average Bonchev–Trinajstić information content (AvgIpc) is 2.96. The van der Waals surface area contributed by atoms with Gasteiger partial charge in [-0.25, -0.2) is 21.8 Å². The van der Waals surface area contributed by atoms with E-state index in [0.717, 1.165) is 28.7 Å². The highest BCUT2D eigenvalue weighted by Gasteiger charge is 2.23. The molecule has 0 saturated carbocycles. The standard InChI is InChI=1S/C18H20N2O4S3/c1-10-8-11(2)13(4)17(12(10)3)27(23,24)20-14-6-7-15-16(9-14)25-18(19-15)26(5,21)22/h6-9,20H,1-5H3. The summed E-state index contributed by atoms with van der Waals surface area (Å²) >= 11 is 1.02. The molecular formula is C18H20N2O4S3. The van der Waals surface area contributed by atoms with E-state index in [0.29, 0.717) is 27.0 Å². The van der Waals surface area contributed by atoms with Crippen LogP contribution < -0.4 is 4.72 Å². The quantitative estimate of drug-likeness (QED) is 0.689. The van der Waals surface area contributed by atoms with Crippen LogP contribution in [0.3, 0.4) is 0 Å². The number of anilines is 1. The van der Waals surface area contributed by atoms with Gasteiger partial charge in [0, 0.05) is 6.26 Å². The van der Waals surface area contributed by atoms with E-state index in [2.05, 4.69) is 9.71 Å². The minimum atomic E-state index is -3.79. The van der Waals surface area contributed by atoms with Crippen molar-refractivity contribution in [3.63, 3.8) is 0 Å². The van der Waals surface area contributed by atoms with Gasteiger partial charge in [0.25, 0.3) is 10.0 Å². The maximum atomic E-state index is 13.0. The molecule has 1 aromatic heterocycles. The molecule has 0 aliphatic carbocycles. The number of nitrogens with zero attached hydrogens (tertiary/aromatic N) is 1. The molecule has 0 aliphatic rings. The molecule has 0 unspecified atom stereocenters. The average molecular weight is 425 g/mol. The van der Waals surface area contributed by atoms with Crippen molar-refractivity contribution in [1.82, 2.24) is 4.98 Å². The Hall–Kier alpha value is -1.97. The van der Waals surface area contributed by atoms with Gasteiger partial charge in [-0.05, 0) is 68.1 Å². The van der Waals surface area contributed by atoms with E-state index in [-0.39, 0.29) is 9.24 Å². The maximum Gasteiger partial charge on any atom is 0.262 e. The van der Waals surface area contributed by atoms with Gasteiger partial charge in [-0.3, -0.25) is 4.72 Å². The lowest BCUT2D eigenvalue weighted by Crippen LogP contribution is -2.17. The van der Waals surface area contributed by atoms with Crippen molar-refractivity contribution in [1.29, 1.82) is 0 Å². The van der Waals surface area contributed by atoms with E-state index in [1.54, 1.807) is 32.0 Å². The van der Waals surface area contributed by atoms with Crippen molar-refractivity contribution in [2.24, 2.45) is 0 Å². The molecule has 9 heteroatoms. The minimum Gasteiger partial charge on any atom is -0.280 e. The second kappa shape index (κ2) is 6.57. The number of benzene rings is 2. The Morgan fingerprint density at radius 3 is 2.07 bits per heavy atom. The highest BCUT2D eigenvalue weighted by Crippen LogP contribution is 2.31. The van der Waals surface area contributed by atoms with Crippen LogP contribution in [0.15, 0.2) is 33.5 Å². The molecular weight excluding hydrogens is 404 g/mol. The number of rotatable bonds is 4. The van der Waals surface area contributed by atoms with Gasteiger partial charge in [0.2, 0.25) is 14.2 Å². The fourth-order valence-electron chi connectivity index (χ4n) is 2.92. The SMILES string of the molecule is Cc1cc(C)c(C)c(S(=O)(=O)Nc2ccc3nc(S(C)(=O)=O)sc3c2)c1C. The minimum absolute atomic E-state index is 0.0125. The maximum absolute atomic E-state index is 13.0. The Labute approximate surface area is 163 Å². The summed E-state index contributed by atoms with van der Waals surface area (Å²) in [5.41, 5.74) is 4.13. The van der Waals surface area contributed by atoms with Crippen molar-refractivity contribution >= 4 is 47.1 Å². The monoisotopic (exact) mass is 424 g/mol. The van der Waals surface area contributed by atoms with Gasteiger partial charge >= 0.3 is 0 Å². The van der Waals surface area contributed by atoms with Crippen molar-refractivity contribution in [3.05, 3.63) is 46.5 Å². The first-order chi connectivity index (χ1) is 12.4. The Bertz CT molecular complexity index is 1250. The highest BCUT2D eigenvalue weighted by atomic mass is 32.2. The molecule has 0 atom stereocenters. The predicted octanol–water partition coefficient (Wildman–Crippen LogP) is 3.73. The summed E-state index contributed by atoms with van der Waals surface area (Å²) in [6.45, 7) is 7.36. The normalized spacial score (nSPS) is 12.5. The molecule has 0 radical (unpaired) electrons. The van der Waals surface area contributed by atoms with E-state index in [4.69, 9.17) is 0 Å². The van der Waals surface area contributed by atoms with Crippen LogP contribution in [0.4, 0.5) is 5.69 Å². The summed E-state index contributed by atoms with van der Waals surface area (Å²) in [6.07, 6.45) is 1.10. The molecule has 0 amide bonds. The molecule has 3 rings (SSSR count). The summed E-state index contributed by atoms with van der Waals surface area (Å²) < 4.78 is 52.6. The molecule has 144 valence electrons. The van der Waals surface area contributed by atoms with Gasteiger partial charge in [0.1, 0.15) is 0 Å². The van der Waals surface area contributed by atoms with Crippen LogP contribution in [0.2, 0.25) is 0 Å². The van der Waals surface area contributed by atoms with Crippen LogP contribution in [-0.2, 0) is 19.9 Å². The Balaban J connectivity index is 2.07. The first-order valence-electron chi connectivity index (χ1n) is 8.11. The third kappa shape index (κ3) is 3.71. The number of sulfone groups is 1. The number of fused-ring (bicyclic) bond motifs is 1. The largest absolute Gasteiger partial charge is 0.280 e. The van der Waals surface area contributed by atoms with Crippen LogP contribution in [0.1, 0.15) is 22.3 Å². The van der Waals surface area contributed by atoms with Gasteiger partial charge in [0.05, 0.1) is 20.8 Å². The van der Waals surface area contributed by atoms with Gasteiger partial charge in [-0.1, -0.05) is 6.07 Å². The van der Waals surface area contributed by atoms with E-state index in [9.17, 15) is 16.8 Å². The van der Waals surface area contributed by atoms with Crippen LogP contribution in [0.5, 0.6) is 0 Å². The first kappa shape index (κ1) is 19.8. The zero-order valence-electron chi connectivity index (χ0n) is 15.6. The third-order valence-corrected chi connectivity index (χ3v) is 8.86. The zero-order valence-corrected chi connectivity index (χ0v) is 18.1. The summed E-state index contributed by atoms with van der Waals surface area (Å²) in [7, 11) is -7.20. The fourth-order valence-corrected chi connectivity index (χ4v) is 6.46.